The summed E-state index contributed by atoms with van der Waals surface area (Å²) in [5.41, 5.74) is 0.263. The van der Waals surface area contributed by atoms with Gasteiger partial charge in [-0.15, -0.1) is 0 Å². The van der Waals surface area contributed by atoms with Gasteiger partial charge >= 0.3 is 0 Å². The highest BCUT2D eigenvalue weighted by Crippen LogP contribution is 2.23. The summed E-state index contributed by atoms with van der Waals surface area (Å²) in [5, 5.41) is 12.2. The zero-order valence-electron chi connectivity index (χ0n) is 10.6. The average Bonchev–Trinajstić information content (AvgIpc) is 2.28. The number of hydrogen-bond acceptors (Lipinski definition) is 3. The maximum Gasteiger partial charge on any atom is 0.0621 e. The van der Waals surface area contributed by atoms with Crippen molar-refractivity contribution < 1.29 is 0 Å². The molecule has 1 N–H and O–H groups in total. The summed E-state index contributed by atoms with van der Waals surface area (Å²) in [6.45, 7) is 6.69. The van der Waals surface area contributed by atoms with Gasteiger partial charge in [-0.25, -0.2) is 0 Å². The minimum Gasteiger partial charge on any atom is -0.316 e. The maximum atomic E-state index is 8.59. The first-order chi connectivity index (χ1) is 7.64. The second-order valence-electron chi connectivity index (χ2n) is 5.51. The Morgan fingerprint density at radius 2 is 2.06 bits per heavy atom. The lowest BCUT2D eigenvalue weighted by atomic mass is 9.88. The van der Waals surface area contributed by atoms with E-state index in [9.17, 15) is 0 Å². The Kier molecular flexibility index (Phi) is 6.23. The third kappa shape index (κ3) is 5.77. The first-order valence-corrected chi connectivity index (χ1v) is 7.45. The summed E-state index contributed by atoms with van der Waals surface area (Å²) in [6, 6.07) is 2.23. The van der Waals surface area contributed by atoms with Gasteiger partial charge in [-0.2, -0.15) is 17.0 Å². The van der Waals surface area contributed by atoms with Crippen LogP contribution in [0.25, 0.3) is 0 Å². The van der Waals surface area contributed by atoms with Crippen molar-refractivity contribution in [2.24, 2.45) is 11.3 Å². The summed E-state index contributed by atoms with van der Waals surface area (Å²) in [5.74, 6) is 3.56. The lowest BCUT2D eigenvalue weighted by molar-refractivity contribution is 0.303. The van der Waals surface area contributed by atoms with Crippen LogP contribution in [0.1, 0.15) is 39.5 Å². The molecule has 1 aliphatic heterocycles. The highest BCUT2D eigenvalue weighted by atomic mass is 32.2. The minimum absolute atomic E-state index is 0.263. The summed E-state index contributed by atoms with van der Waals surface area (Å²) in [6.07, 6.45) is 4.42. The van der Waals surface area contributed by atoms with Crippen molar-refractivity contribution in [2.45, 2.75) is 39.5 Å². The van der Waals surface area contributed by atoms with Gasteiger partial charge in [-0.05, 0) is 48.6 Å². The molecule has 0 unspecified atom stereocenters. The predicted octanol–water partition coefficient (Wildman–Crippen LogP) is 3.05. The number of rotatable bonds is 6. The van der Waals surface area contributed by atoms with Crippen molar-refractivity contribution in [2.75, 3.05) is 24.6 Å². The fourth-order valence-corrected chi connectivity index (χ4v) is 3.25. The van der Waals surface area contributed by atoms with Crippen molar-refractivity contribution in [3.63, 3.8) is 0 Å². The molecule has 0 aliphatic carbocycles. The molecule has 92 valence electrons. The van der Waals surface area contributed by atoms with E-state index in [1.807, 2.05) is 0 Å². The fraction of sp³-hybridized carbons (Fsp3) is 0.923. The van der Waals surface area contributed by atoms with E-state index in [1.54, 1.807) is 0 Å². The third-order valence-electron chi connectivity index (χ3n) is 3.29. The first kappa shape index (κ1) is 13.9. The molecule has 0 radical (unpaired) electrons. The quantitative estimate of drug-likeness (QED) is 0.775. The first-order valence-electron chi connectivity index (χ1n) is 6.29. The Morgan fingerprint density at radius 3 is 2.69 bits per heavy atom. The van der Waals surface area contributed by atoms with Gasteiger partial charge in [-0.1, -0.05) is 13.8 Å². The van der Waals surface area contributed by atoms with Crippen LogP contribution < -0.4 is 5.32 Å². The molecule has 2 nitrogen and oxygen atoms in total. The van der Waals surface area contributed by atoms with E-state index in [-0.39, 0.29) is 5.41 Å². The molecular formula is C13H24N2S. The van der Waals surface area contributed by atoms with E-state index in [0.29, 0.717) is 6.42 Å². The van der Waals surface area contributed by atoms with Crippen LogP contribution in [0.3, 0.4) is 0 Å². The van der Waals surface area contributed by atoms with Gasteiger partial charge < -0.3 is 5.32 Å². The van der Waals surface area contributed by atoms with Crippen LogP contribution in [-0.4, -0.2) is 24.6 Å². The van der Waals surface area contributed by atoms with E-state index >= 15 is 0 Å². The number of hydrogen-bond donors (Lipinski definition) is 1. The summed E-state index contributed by atoms with van der Waals surface area (Å²) < 4.78 is 0. The molecule has 0 spiro atoms. The molecule has 0 bridgehead atoms. The average molecular weight is 240 g/mol. The van der Waals surface area contributed by atoms with Gasteiger partial charge in [0.05, 0.1) is 6.07 Å². The molecular weight excluding hydrogens is 216 g/mol. The standard InChI is InChI=1S/C13H24N2S/c1-13(2,6-3-7-14)11-15-10-12-4-8-16-9-5-12/h12,15H,3-6,8-11H2,1-2H3. The molecule has 0 aromatic carbocycles. The van der Waals surface area contributed by atoms with Crippen molar-refractivity contribution in [1.29, 1.82) is 5.26 Å². The van der Waals surface area contributed by atoms with Crippen LogP contribution in [0.5, 0.6) is 0 Å². The van der Waals surface area contributed by atoms with Crippen LogP contribution in [0.2, 0.25) is 0 Å². The van der Waals surface area contributed by atoms with Gasteiger partial charge in [0.25, 0.3) is 0 Å². The minimum atomic E-state index is 0.263. The second-order valence-corrected chi connectivity index (χ2v) is 6.73. The Balaban J connectivity index is 2.11. The van der Waals surface area contributed by atoms with E-state index < -0.39 is 0 Å². The molecule has 1 rings (SSSR count). The van der Waals surface area contributed by atoms with Gasteiger partial charge in [0.1, 0.15) is 0 Å². The number of nitrogens with zero attached hydrogens (tertiary/aromatic N) is 1. The Hall–Kier alpha value is -0.200. The van der Waals surface area contributed by atoms with Crippen LogP contribution in [0.4, 0.5) is 0 Å². The lowest BCUT2D eigenvalue weighted by Crippen LogP contribution is -2.33. The predicted molar refractivity (Wildman–Crippen MR) is 71.5 cm³/mol. The Labute approximate surface area is 104 Å². The summed E-state index contributed by atoms with van der Waals surface area (Å²) in [4.78, 5) is 0. The van der Waals surface area contributed by atoms with E-state index in [4.69, 9.17) is 5.26 Å². The summed E-state index contributed by atoms with van der Waals surface area (Å²) >= 11 is 2.08. The number of nitriles is 1. The molecule has 0 atom stereocenters. The van der Waals surface area contributed by atoms with Crippen LogP contribution in [0, 0.1) is 22.7 Å². The molecule has 1 heterocycles. The zero-order chi connectivity index (χ0) is 11.9. The Morgan fingerprint density at radius 1 is 1.38 bits per heavy atom. The zero-order valence-corrected chi connectivity index (χ0v) is 11.4. The number of nitrogens with one attached hydrogen (secondary N) is 1. The highest BCUT2D eigenvalue weighted by Gasteiger charge is 2.18. The molecule has 0 amide bonds. The largest absolute Gasteiger partial charge is 0.316 e. The van der Waals surface area contributed by atoms with Crippen molar-refractivity contribution in [1.82, 2.24) is 5.32 Å². The van der Waals surface area contributed by atoms with E-state index in [2.05, 4.69) is 37.0 Å². The maximum absolute atomic E-state index is 8.59. The van der Waals surface area contributed by atoms with Crippen molar-refractivity contribution in [3.8, 4) is 6.07 Å². The lowest BCUT2D eigenvalue weighted by Gasteiger charge is -2.27. The molecule has 1 fully saturated rings. The Bertz CT molecular complexity index is 227. The molecule has 16 heavy (non-hydrogen) atoms. The fourth-order valence-electron chi connectivity index (χ4n) is 2.05. The van der Waals surface area contributed by atoms with Crippen LogP contribution in [-0.2, 0) is 0 Å². The molecule has 0 aromatic rings. The molecule has 1 aliphatic rings. The molecule has 0 aromatic heterocycles. The smallest absolute Gasteiger partial charge is 0.0621 e. The van der Waals surface area contributed by atoms with Gasteiger partial charge in [-0.3, -0.25) is 0 Å². The van der Waals surface area contributed by atoms with Crippen molar-refractivity contribution in [3.05, 3.63) is 0 Å². The summed E-state index contributed by atoms with van der Waals surface area (Å²) in [7, 11) is 0. The van der Waals surface area contributed by atoms with Gasteiger partial charge in [0.15, 0.2) is 0 Å². The molecule has 3 heteroatoms. The van der Waals surface area contributed by atoms with E-state index in [0.717, 1.165) is 25.4 Å². The van der Waals surface area contributed by atoms with Gasteiger partial charge in [0, 0.05) is 13.0 Å². The SMILES string of the molecule is CC(C)(CCC#N)CNCC1CCSCC1. The monoisotopic (exact) mass is 240 g/mol. The van der Waals surface area contributed by atoms with E-state index in [1.165, 1.54) is 24.3 Å². The molecule has 0 saturated carbocycles. The third-order valence-corrected chi connectivity index (χ3v) is 4.34. The van der Waals surface area contributed by atoms with Gasteiger partial charge in [0.2, 0.25) is 0 Å². The number of thioether (sulfide) groups is 1. The molecule has 1 saturated heterocycles. The highest BCUT2D eigenvalue weighted by molar-refractivity contribution is 7.99. The van der Waals surface area contributed by atoms with Crippen molar-refractivity contribution >= 4 is 11.8 Å². The topological polar surface area (TPSA) is 35.8 Å². The van der Waals surface area contributed by atoms with Crippen LogP contribution in [0.15, 0.2) is 0 Å². The normalized spacial score (nSPS) is 18.3. The second kappa shape index (κ2) is 7.19. The van der Waals surface area contributed by atoms with Crippen LogP contribution >= 0.6 is 11.8 Å².